The van der Waals surface area contributed by atoms with Gasteiger partial charge in [0.2, 0.25) is 0 Å². The Kier molecular flexibility index (Phi) is 3.05. The van der Waals surface area contributed by atoms with Gasteiger partial charge in [0, 0.05) is 0 Å². The third kappa shape index (κ3) is 2.08. The zero-order chi connectivity index (χ0) is 9.97. The van der Waals surface area contributed by atoms with Crippen LogP contribution in [-0.2, 0) is 0 Å². The summed E-state index contributed by atoms with van der Waals surface area (Å²) in [7, 11) is 0. The molecule has 1 aliphatic heterocycles. The smallest absolute Gasteiger partial charge is 0.152 e. The fraction of sp³-hybridized carbons (Fsp3) is 0.300. The van der Waals surface area contributed by atoms with Gasteiger partial charge in [-0.05, 0) is 11.3 Å². The first-order valence-electron chi connectivity index (χ1n) is 4.60. The van der Waals surface area contributed by atoms with Gasteiger partial charge in [-0.1, -0.05) is 61.2 Å². The summed E-state index contributed by atoms with van der Waals surface area (Å²) in [6.45, 7) is 2.11. The highest BCUT2D eigenvalue weighted by Crippen LogP contribution is 2.31. The molecule has 0 amide bonds. The molecule has 1 N–H and O–H groups in total. The number of thioether (sulfide) groups is 1. The van der Waals surface area contributed by atoms with Crippen LogP contribution >= 0.6 is 24.0 Å². The molecule has 0 saturated carbocycles. The molecule has 1 aromatic rings. The SMILES string of the molecule is CCSC(=S)N1N[C@H]1c1ccccc1. The molecule has 0 aliphatic carbocycles. The molecule has 14 heavy (non-hydrogen) atoms. The van der Waals surface area contributed by atoms with Crippen LogP contribution in [0.1, 0.15) is 18.7 Å². The number of hydrazine groups is 1. The second-order valence-electron chi connectivity index (χ2n) is 3.01. The summed E-state index contributed by atoms with van der Waals surface area (Å²) < 4.78 is 0.932. The van der Waals surface area contributed by atoms with Gasteiger partial charge in [-0.2, -0.15) is 0 Å². The summed E-state index contributed by atoms with van der Waals surface area (Å²) >= 11 is 6.94. The van der Waals surface area contributed by atoms with Crippen LogP contribution in [0.5, 0.6) is 0 Å². The van der Waals surface area contributed by atoms with Crippen molar-refractivity contribution in [3.8, 4) is 0 Å². The quantitative estimate of drug-likeness (QED) is 0.616. The van der Waals surface area contributed by atoms with E-state index in [0.717, 1.165) is 10.1 Å². The van der Waals surface area contributed by atoms with Crippen LogP contribution in [0.2, 0.25) is 0 Å². The normalized spacial score (nSPS) is 19.5. The van der Waals surface area contributed by atoms with Crippen molar-refractivity contribution in [3.05, 3.63) is 35.9 Å². The zero-order valence-electron chi connectivity index (χ0n) is 7.93. The Morgan fingerprint density at radius 2 is 2.21 bits per heavy atom. The molecule has 2 rings (SSSR count). The molecule has 0 unspecified atom stereocenters. The van der Waals surface area contributed by atoms with E-state index in [2.05, 4.69) is 24.5 Å². The maximum Gasteiger partial charge on any atom is 0.152 e. The molecule has 2 nitrogen and oxygen atoms in total. The summed E-state index contributed by atoms with van der Waals surface area (Å²) in [5.41, 5.74) is 4.51. The fourth-order valence-electron chi connectivity index (χ4n) is 1.31. The van der Waals surface area contributed by atoms with Gasteiger partial charge in [-0.25, -0.2) is 5.43 Å². The van der Waals surface area contributed by atoms with E-state index in [9.17, 15) is 0 Å². The van der Waals surface area contributed by atoms with Crippen LogP contribution in [0.15, 0.2) is 30.3 Å². The Morgan fingerprint density at radius 1 is 1.50 bits per heavy atom. The molecule has 1 aliphatic rings. The second kappa shape index (κ2) is 4.29. The van der Waals surface area contributed by atoms with Crippen molar-refractivity contribution in [1.29, 1.82) is 0 Å². The summed E-state index contributed by atoms with van der Waals surface area (Å²) in [6.07, 6.45) is 0.294. The first-order chi connectivity index (χ1) is 6.83. The number of hydrogen-bond acceptors (Lipinski definition) is 3. The van der Waals surface area contributed by atoms with Gasteiger partial charge in [0.05, 0.1) is 0 Å². The number of thiocarbonyl (C=S) groups is 1. The van der Waals surface area contributed by atoms with E-state index in [1.54, 1.807) is 11.8 Å². The average molecular weight is 224 g/mol. The van der Waals surface area contributed by atoms with Gasteiger partial charge in [0.25, 0.3) is 0 Å². The van der Waals surface area contributed by atoms with Gasteiger partial charge in [0.1, 0.15) is 6.17 Å². The van der Waals surface area contributed by atoms with Gasteiger partial charge < -0.3 is 0 Å². The lowest BCUT2D eigenvalue weighted by molar-refractivity contribution is 0.754. The number of benzene rings is 1. The predicted molar refractivity (Wildman–Crippen MR) is 64.9 cm³/mol. The summed E-state index contributed by atoms with van der Waals surface area (Å²) in [5.74, 6) is 1.03. The van der Waals surface area contributed by atoms with Gasteiger partial charge in [-0.15, -0.1) is 0 Å². The topological polar surface area (TPSA) is 25.0 Å². The number of nitrogens with zero attached hydrogens (tertiary/aromatic N) is 1. The lowest BCUT2D eigenvalue weighted by atomic mass is 10.2. The van der Waals surface area contributed by atoms with E-state index in [0.29, 0.717) is 6.17 Å². The Morgan fingerprint density at radius 3 is 2.86 bits per heavy atom. The van der Waals surface area contributed by atoms with E-state index in [1.807, 2.05) is 23.2 Å². The summed E-state index contributed by atoms with van der Waals surface area (Å²) in [6, 6.07) is 10.3. The molecule has 0 aromatic heterocycles. The maximum atomic E-state index is 5.24. The molecule has 4 heteroatoms. The van der Waals surface area contributed by atoms with Crippen molar-refractivity contribution in [3.63, 3.8) is 0 Å². The summed E-state index contributed by atoms with van der Waals surface area (Å²) in [4.78, 5) is 0. The lowest BCUT2D eigenvalue weighted by Crippen LogP contribution is -2.06. The Hall–Kier alpha value is -0.580. The van der Waals surface area contributed by atoms with Crippen LogP contribution < -0.4 is 5.43 Å². The van der Waals surface area contributed by atoms with E-state index in [1.165, 1.54) is 5.56 Å². The van der Waals surface area contributed by atoms with Crippen LogP contribution in [0.3, 0.4) is 0 Å². The molecule has 1 fully saturated rings. The van der Waals surface area contributed by atoms with Crippen molar-refractivity contribution in [2.24, 2.45) is 0 Å². The Labute approximate surface area is 93.6 Å². The van der Waals surface area contributed by atoms with Gasteiger partial charge in [0.15, 0.2) is 4.32 Å². The van der Waals surface area contributed by atoms with Crippen molar-refractivity contribution in [1.82, 2.24) is 10.4 Å². The highest BCUT2D eigenvalue weighted by molar-refractivity contribution is 8.22. The third-order valence-electron chi connectivity index (χ3n) is 2.03. The number of nitrogens with one attached hydrogen (secondary N) is 1. The van der Waals surface area contributed by atoms with Gasteiger partial charge in [-0.3, -0.25) is 5.01 Å². The number of hydrogen-bond donors (Lipinski definition) is 1. The first kappa shape index (κ1) is 9.96. The van der Waals surface area contributed by atoms with Gasteiger partial charge >= 0.3 is 0 Å². The van der Waals surface area contributed by atoms with E-state index >= 15 is 0 Å². The molecule has 1 saturated heterocycles. The van der Waals surface area contributed by atoms with Crippen LogP contribution in [0, 0.1) is 0 Å². The monoisotopic (exact) mass is 224 g/mol. The predicted octanol–water partition coefficient (Wildman–Crippen LogP) is 2.54. The van der Waals surface area contributed by atoms with E-state index < -0.39 is 0 Å². The third-order valence-corrected chi connectivity index (χ3v) is 3.31. The van der Waals surface area contributed by atoms with Crippen molar-refractivity contribution >= 4 is 28.3 Å². The first-order valence-corrected chi connectivity index (χ1v) is 5.99. The molecule has 1 atom stereocenters. The largest absolute Gasteiger partial charge is 0.267 e. The fourth-order valence-corrected chi connectivity index (χ4v) is 2.36. The van der Waals surface area contributed by atoms with Crippen molar-refractivity contribution in [2.75, 3.05) is 5.75 Å². The molecule has 74 valence electrons. The van der Waals surface area contributed by atoms with E-state index in [-0.39, 0.29) is 0 Å². The molecule has 0 spiro atoms. The maximum absolute atomic E-state index is 5.24. The molecule has 0 bridgehead atoms. The molecule has 1 aromatic carbocycles. The van der Waals surface area contributed by atoms with Crippen LogP contribution in [0.4, 0.5) is 0 Å². The summed E-state index contributed by atoms with van der Waals surface area (Å²) in [5, 5.41) is 2.03. The second-order valence-corrected chi connectivity index (χ2v) is 4.91. The zero-order valence-corrected chi connectivity index (χ0v) is 9.57. The Bertz CT molecular complexity index is 326. The van der Waals surface area contributed by atoms with Crippen LogP contribution in [-0.4, -0.2) is 15.1 Å². The van der Waals surface area contributed by atoms with E-state index in [4.69, 9.17) is 12.2 Å². The molecular weight excluding hydrogens is 212 g/mol. The minimum absolute atomic E-state index is 0.294. The molecule has 0 radical (unpaired) electrons. The highest BCUT2D eigenvalue weighted by Gasteiger charge is 2.36. The lowest BCUT2D eigenvalue weighted by Gasteiger charge is -2.01. The van der Waals surface area contributed by atoms with Crippen molar-refractivity contribution in [2.45, 2.75) is 13.1 Å². The minimum atomic E-state index is 0.294. The standard InChI is InChI=1S/C10H12N2S2/c1-2-14-10(13)12-9(11-12)8-6-4-3-5-7-8/h3-7,9,11H,2H2,1H3/t9-,12?/m1/s1. The van der Waals surface area contributed by atoms with Crippen molar-refractivity contribution < 1.29 is 0 Å². The van der Waals surface area contributed by atoms with Crippen LogP contribution in [0.25, 0.3) is 0 Å². The molecule has 1 heterocycles. The minimum Gasteiger partial charge on any atom is -0.267 e. The molecular formula is C10H12N2S2. The Balaban J connectivity index is 1.96. The number of rotatable bonds is 2. The average Bonchev–Trinajstić information content (AvgIpc) is 2.99. The highest BCUT2D eigenvalue weighted by atomic mass is 32.2.